The quantitative estimate of drug-likeness (QED) is 0.495. The number of hydrogen-bond acceptors (Lipinski definition) is 5. The maximum atomic E-state index is 13.3. The summed E-state index contributed by atoms with van der Waals surface area (Å²) in [5.74, 6) is -2.02. The highest BCUT2D eigenvalue weighted by atomic mass is 19.1. The highest BCUT2D eigenvalue weighted by Crippen LogP contribution is 2.19. The molecular weight excluding hydrogens is 244 g/mol. The molecule has 0 radical (unpaired) electrons. The van der Waals surface area contributed by atoms with E-state index < -0.39 is 31.5 Å². The van der Waals surface area contributed by atoms with E-state index >= 15 is 0 Å². The third-order valence-corrected chi connectivity index (χ3v) is 2.16. The lowest BCUT2D eigenvalue weighted by Crippen LogP contribution is -2.32. The van der Waals surface area contributed by atoms with Gasteiger partial charge < -0.3 is 25.6 Å². The summed E-state index contributed by atoms with van der Waals surface area (Å²) in [6.45, 7) is -0.481. The van der Waals surface area contributed by atoms with Crippen molar-refractivity contribution in [3.05, 3.63) is 29.6 Å². The lowest BCUT2D eigenvalue weighted by molar-refractivity contribution is -0.138. The van der Waals surface area contributed by atoms with Crippen LogP contribution in [-0.4, -0.2) is 40.8 Å². The van der Waals surface area contributed by atoms with Crippen molar-refractivity contribution < 1.29 is 29.1 Å². The van der Waals surface area contributed by atoms with Gasteiger partial charge in [-0.1, -0.05) is 6.07 Å². The summed E-state index contributed by atoms with van der Waals surface area (Å²) in [6, 6.07) is 2.68. The van der Waals surface area contributed by atoms with Crippen molar-refractivity contribution in [1.29, 1.82) is 0 Å². The highest BCUT2D eigenvalue weighted by Gasteiger charge is 2.15. The molecule has 6 nitrogen and oxygen atoms in total. The molecule has 0 aliphatic heterocycles. The van der Waals surface area contributed by atoms with Gasteiger partial charge >= 0.3 is 13.1 Å². The summed E-state index contributed by atoms with van der Waals surface area (Å²) in [6.07, 6.45) is 0.0215. The number of ether oxygens (including phenoxy) is 1. The van der Waals surface area contributed by atoms with Crippen LogP contribution >= 0.6 is 0 Å². The van der Waals surface area contributed by atoms with E-state index in [1.54, 1.807) is 0 Å². The standard InChI is InChI=1S/C10H13BFNO5/c12-7-2-1-6(3-8(13)10(14)15)4-9(7)18-5-11(16)17/h1-2,4,8,16-17H,3,5,13H2,(H,14,15)/t8-/m0/s1. The van der Waals surface area contributed by atoms with Crippen molar-refractivity contribution in [3.8, 4) is 5.75 Å². The van der Waals surface area contributed by atoms with Crippen LogP contribution in [-0.2, 0) is 11.2 Å². The van der Waals surface area contributed by atoms with Crippen molar-refractivity contribution in [3.63, 3.8) is 0 Å². The Bertz CT molecular complexity index is 429. The molecule has 0 aliphatic carbocycles. The van der Waals surface area contributed by atoms with Gasteiger partial charge in [0.1, 0.15) is 12.5 Å². The third kappa shape index (κ3) is 4.32. The molecule has 5 N–H and O–H groups in total. The summed E-state index contributed by atoms with van der Waals surface area (Å²) in [5, 5.41) is 25.9. The van der Waals surface area contributed by atoms with E-state index in [9.17, 15) is 9.18 Å². The minimum atomic E-state index is -1.71. The molecule has 1 aromatic carbocycles. The first-order chi connectivity index (χ1) is 8.40. The van der Waals surface area contributed by atoms with E-state index in [-0.39, 0.29) is 12.2 Å². The SMILES string of the molecule is N[C@@H](Cc1ccc(F)c(OCB(O)O)c1)C(=O)O. The lowest BCUT2D eigenvalue weighted by atomic mass is 9.95. The molecule has 0 saturated heterocycles. The number of hydrogen-bond donors (Lipinski definition) is 4. The Morgan fingerprint density at radius 3 is 2.72 bits per heavy atom. The Balaban J connectivity index is 2.77. The molecule has 0 spiro atoms. The second kappa shape index (κ2) is 6.34. The number of rotatable bonds is 6. The van der Waals surface area contributed by atoms with Gasteiger partial charge in [-0.25, -0.2) is 4.39 Å². The maximum Gasteiger partial charge on any atom is 0.491 e. The van der Waals surface area contributed by atoms with Gasteiger partial charge in [0, 0.05) is 0 Å². The predicted octanol–water partition coefficient (Wildman–Crippen LogP) is -0.829. The normalized spacial score (nSPS) is 12.0. The van der Waals surface area contributed by atoms with Gasteiger partial charge in [-0.2, -0.15) is 0 Å². The van der Waals surface area contributed by atoms with Gasteiger partial charge in [0.05, 0.1) is 0 Å². The van der Waals surface area contributed by atoms with Crippen LogP contribution in [0.4, 0.5) is 4.39 Å². The van der Waals surface area contributed by atoms with Gasteiger partial charge in [-0.05, 0) is 24.1 Å². The van der Waals surface area contributed by atoms with Crippen LogP contribution in [0.1, 0.15) is 5.56 Å². The summed E-state index contributed by atoms with van der Waals surface area (Å²) >= 11 is 0. The molecule has 8 heteroatoms. The maximum absolute atomic E-state index is 13.3. The molecular formula is C10H13BFNO5. The topological polar surface area (TPSA) is 113 Å². The van der Waals surface area contributed by atoms with Crippen LogP contribution in [0.5, 0.6) is 5.75 Å². The first-order valence-corrected chi connectivity index (χ1v) is 5.16. The first kappa shape index (κ1) is 14.4. The van der Waals surface area contributed by atoms with Gasteiger partial charge in [0.2, 0.25) is 0 Å². The first-order valence-electron chi connectivity index (χ1n) is 5.16. The Hall–Kier alpha value is -1.64. The molecule has 0 unspecified atom stereocenters. The third-order valence-electron chi connectivity index (χ3n) is 2.16. The number of carboxylic acid groups (broad SMARTS) is 1. The molecule has 1 atom stereocenters. The molecule has 0 aromatic heterocycles. The monoisotopic (exact) mass is 257 g/mol. The molecule has 0 fully saturated rings. The number of carboxylic acids is 1. The summed E-state index contributed by atoms with van der Waals surface area (Å²) < 4.78 is 18.1. The fourth-order valence-corrected chi connectivity index (χ4v) is 1.29. The van der Waals surface area contributed by atoms with Crippen molar-refractivity contribution >= 4 is 13.1 Å². The molecule has 0 amide bonds. The van der Waals surface area contributed by atoms with Gasteiger partial charge in [-0.3, -0.25) is 4.79 Å². The van der Waals surface area contributed by atoms with E-state index in [1.165, 1.54) is 12.1 Å². The Kier molecular flexibility index (Phi) is 5.08. The summed E-state index contributed by atoms with van der Waals surface area (Å²) in [5.41, 5.74) is 5.83. The molecule has 1 rings (SSSR count). The van der Waals surface area contributed by atoms with Crippen LogP contribution in [0.2, 0.25) is 0 Å². The highest BCUT2D eigenvalue weighted by molar-refractivity contribution is 6.40. The summed E-state index contributed by atoms with van der Waals surface area (Å²) in [7, 11) is -1.71. The summed E-state index contributed by atoms with van der Waals surface area (Å²) in [4.78, 5) is 10.6. The number of nitrogens with two attached hydrogens (primary N) is 1. The van der Waals surface area contributed by atoms with Crippen LogP contribution in [0.3, 0.4) is 0 Å². The van der Waals surface area contributed by atoms with Crippen molar-refractivity contribution in [2.75, 3.05) is 6.51 Å². The minimum Gasteiger partial charge on any atom is -0.493 e. The molecule has 1 aromatic rings. The fourth-order valence-electron chi connectivity index (χ4n) is 1.29. The number of aliphatic carboxylic acids is 1. The number of carbonyl (C=O) groups is 1. The average molecular weight is 257 g/mol. The Labute approximate surface area is 103 Å². The number of benzene rings is 1. The second-order valence-corrected chi connectivity index (χ2v) is 3.71. The van der Waals surface area contributed by atoms with E-state index in [2.05, 4.69) is 0 Å². The van der Waals surface area contributed by atoms with Crippen molar-refractivity contribution in [1.82, 2.24) is 0 Å². The molecule has 0 heterocycles. The molecule has 0 aliphatic rings. The molecule has 98 valence electrons. The lowest BCUT2D eigenvalue weighted by Gasteiger charge is -2.10. The van der Waals surface area contributed by atoms with Crippen LogP contribution < -0.4 is 10.5 Å². The zero-order valence-electron chi connectivity index (χ0n) is 9.41. The fraction of sp³-hybridized carbons (Fsp3) is 0.300. The molecule has 0 bridgehead atoms. The Morgan fingerprint density at radius 1 is 1.50 bits per heavy atom. The predicted molar refractivity (Wildman–Crippen MR) is 61.4 cm³/mol. The minimum absolute atomic E-state index is 0.0215. The van der Waals surface area contributed by atoms with Crippen molar-refractivity contribution in [2.45, 2.75) is 12.5 Å². The van der Waals surface area contributed by atoms with E-state index in [0.29, 0.717) is 5.56 Å². The van der Waals surface area contributed by atoms with E-state index in [4.69, 9.17) is 25.6 Å². The zero-order chi connectivity index (χ0) is 13.7. The van der Waals surface area contributed by atoms with Crippen molar-refractivity contribution in [2.24, 2.45) is 5.73 Å². The number of halogens is 1. The van der Waals surface area contributed by atoms with Crippen LogP contribution in [0.25, 0.3) is 0 Å². The zero-order valence-corrected chi connectivity index (χ0v) is 9.41. The van der Waals surface area contributed by atoms with E-state index in [0.717, 1.165) is 6.07 Å². The molecule has 0 saturated carbocycles. The van der Waals surface area contributed by atoms with Crippen LogP contribution in [0, 0.1) is 5.82 Å². The van der Waals surface area contributed by atoms with Gasteiger partial charge in [0.25, 0.3) is 0 Å². The smallest absolute Gasteiger partial charge is 0.491 e. The largest absolute Gasteiger partial charge is 0.493 e. The average Bonchev–Trinajstić information content (AvgIpc) is 2.29. The van der Waals surface area contributed by atoms with Gasteiger partial charge in [-0.15, -0.1) is 0 Å². The van der Waals surface area contributed by atoms with E-state index in [1.807, 2.05) is 0 Å². The van der Waals surface area contributed by atoms with Crippen LogP contribution in [0.15, 0.2) is 18.2 Å². The Morgan fingerprint density at radius 2 is 2.17 bits per heavy atom. The van der Waals surface area contributed by atoms with Gasteiger partial charge in [0.15, 0.2) is 11.6 Å². The molecule has 18 heavy (non-hydrogen) atoms. The second-order valence-electron chi connectivity index (χ2n) is 3.71.